The van der Waals surface area contributed by atoms with E-state index in [9.17, 15) is 0 Å². The van der Waals surface area contributed by atoms with Crippen molar-refractivity contribution >= 4 is 0 Å². The van der Waals surface area contributed by atoms with Crippen molar-refractivity contribution in [2.24, 2.45) is 0 Å². The first kappa shape index (κ1) is 13.0. The van der Waals surface area contributed by atoms with Gasteiger partial charge in [-0.05, 0) is 19.4 Å². The van der Waals surface area contributed by atoms with Crippen LogP contribution in [0, 0.1) is 0 Å². The predicted molar refractivity (Wildman–Crippen MR) is 67.0 cm³/mol. The highest BCUT2D eigenvalue weighted by Crippen LogP contribution is 2.12. The minimum atomic E-state index is 0.688. The molecule has 1 aliphatic rings. The number of nitrogens with one attached hydrogen (secondary N) is 1. The van der Waals surface area contributed by atoms with Gasteiger partial charge in [-0.1, -0.05) is 46.0 Å². The van der Waals surface area contributed by atoms with Crippen LogP contribution < -0.4 is 5.32 Å². The van der Waals surface area contributed by atoms with E-state index in [1.54, 1.807) is 0 Å². The molecule has 15 heavy (non-hydrogen) atoms. The second-order valence-corrected chi connectivity index (χ2v) is 4.71. The Hall–Kier alpha value is -0.0800. The molecule has 1 heterocycles. The van der Waals surface area contributed by atoms with Gasteiger partial charge in [0.2, 0.25) is 0 Å². The Bertz CT molecular complexity index is 131. The van der Waals surface area contributed by atoms with Crippen LogP contribution in [0.2, 0.25) is 0 Å². The molecule has 0 saturated carbocycles. The van der Waals surface area contributed by atoms with E-state index < -0.39 is 0 Å². The zero-order valence-corrected chi connectivity index (χ0v) is 10.6. The van der Waals surface area contributed by atoms with Crippen molar-refractivity contribution < 1.29 is 0 Å². The molecule has 1 rings (SSSR count). The lowest BCUT2D eigenvalue weighted by Crippen LogP contribution is -2.36. The Balaban J connectivity index is 2.11. The monoisotopic (exact) mass is 212 g/mol. The Labute approximate surface area is 95.4 Å². The SMILES string of the molecule is CCCCCC1NCCN1CCCCC. The molecule has 0 spiro atoms. The molecule has 1 atom stereocenters. The van der Waals surface area contributed by atoms with Crippen LogP contribution in [0.4, 0.5) is 0 Å². The Kier molecular flexibility index (Phi) is 7.03. The quantitative estimate of drug-likeness (QED) is 0.622. The van der Waals surface area contributed by atoms with E-state index in [4.69, 9.17) is 0 Å². The van der Waals surface area contributed by atoms with Crippen molar-refractivity contribution in [1.29, 1.82) is 0 Å². The van der Waals surface area contributed by atoms with Gasteiger partial charge in [0.15, 0.2) is 0 Å². The molecule has 0 aliphatic carbocycles. The summed E-state index contributed by atoms with van der Waals surface area (Å²) in [7, 11) is 0. The van der Waals surface area contributed by atoms with E-state index in [1.807, 2.05) is 0 Å². The molecular formula is C13H28N2. The fourth-order valence-electron chi connectivity index (χ4n) is 2.36. The minimum Gasteiger partial charge on any atom is -0.300 e. The topological polar surface area (TPSA) is 15.3 Å². The molecule has 0 bridgehead atoms. The third-order valence-electron chi connectivity index (χ3n) is 3.35. The van der Waals surface area contributed by atoms with Crippen LogP contribution in [0.3, 0.4) is 0 Å². The molecule has 2 heteroatoms. The molecule has 2 nitrogen and oxygen atoms in total. The lowest BCUT2D eigenvalue weighted by atomic mass is 10.1. The molecule has 1 fully saturated rings. The van der Waals surface area contributed by atoms with Crippen LogP contribution in [0.5, 0.6) is 0 Å². The molecule has 0 aromatic heterocycles. The molecule has 1 N–H and O–H groups in total. The van der Waals surface area contributed by atoms with Crippen LogP contribution in [-0.2, 0) is 0 Å². The van der Waals surface area contributed by atoms with Gasteiger partial charge in [0.25, 0.3) is 0 Å². The van der Waals surface area contributed by atoms with Crippen molar-refractivity contribution in [3.8, 4) is 0 Å². The minimum absolute atomic E-state index is 0.688. The summed E-state index contributed by atoms with van der Waals surface area (Å²) in [6.07, 6.45) is 10.2. The number of hydrogen-bond acceptors (Lipinski definition) is 2. The molecular weight excluding hydrogens is 184 g/mol. The van der Waals surface area contributed by atoms with Gasteiger partial charge in [0.05, 0.1) is 6.17 Å². The van der Waals surface area contributed by atoms with Gasteiger partial charge in [-0.15, -0.1) is 0 Å². The lowest BCUT2D eigenvalue weighted by Gasteiger charge is -2.23. The Morgan fingerprint density at radius 1 is 1.07 bits per heavy atom. The van der Waals surface area contributed by atoms with Crippen molar-refractivity contribution in [2.75, 3.05) is 19.6 Å². The van der Waals surface area contributed by atoms with Crippen LogP contribution in [0.1, 0.15) is 58.8 Å². The molecule has 90 valence electrons. The van der Waals surface area contributed by atoms with Gasteiger partial charge in [-0.2, -0.15) is 0 Å². The van der Waals surface area contributed by atoms with Crippen LogP contribution in [-0.4, -0.2) is 30.7 Å². The smallest absolute Gasteiger partial charge is 0.0597 e. The van der Waals surface area contributed by atoms with E-state index in [0.717, 1.165) is 0 Å². The second kappa shape index (κ2) is 8.12. The van der Waals surface area contributed by atoms with Gasteiger partial charge in [-0.25, -0.2) is 0 Å². The van der Waals surface area contributed by atoms with Crippen LogP contribution in [0.15, 0.2) is 0 Å². The maximum Gasteiger partial charge on any atom is 0.0597 e. The summed E-state index contributed by atoms with van der Waals surface area (Å²) in [5, 5.41) is 3.62. The fourth-order valence-corrected chi connectivity index (χ4v) is 2.36. The summed E-state index contributed by atoms with van der Waals surface area (Å²) >= 11 is 0. The maximum absolute atomic E-state index is 3.62. The zero-order valence-electron chi connectivity index (χ0n) is 10.6. The molecule has 1 aliphatic heterocycles. The van der Waals surface area contributed by atoms with Crippen molar-refractivity contribution in [2.45, 2.75) is 65.0 Å². The van der Waals surface area contributed by atoms with E-state index in [-0.39, 0.29) is 0 Å². The predicted octanol–water partition coefficient (Wildman–Crippen LogP) is 2.99. The molecule has 0 aromatic rings. The number of hydrogen-bond donors (Lipinski definition) is 1. The van der Waals surface area contributed by atoms with Gasteiger partial charge in [0.1, 0.15) is 0 Å². The van der Waals surface area contributed by atoms with E-state index in [2.05, 4.69) is 24.1 Å². The fraction of sp³-hybridized carbons (Fsp3) is 1.00. The average Bonchev–Trinajstić information content (AvgIpc) is 2.67. The lowest BCUT2D eigenvalue weighted by molar-refractivity contribution is 0.221. The van der Waals surface area contributed by atoms with E-state index in [0.29, 0.717) is 6.17 Å². The van der Waals surface area contributed by atoms with Gasteiger partial charge < -0.3 is 5.32 Å². The van der Waals surface area contributed by atoms with E-state index >= 15 is 0 Å². The van der Waals surface area contributed by atoms with Crippen molar-refractivity contribution in [3.63, 3.8) is 0 Å². The first-order chi connectivity index (χ1) is 7.38. The second-order valence-electron chi connectivity index (χ2n) is 4.71. The summed E-state index contributed by atoms with van der Waals surface area (Å²) in [6, 6.07) is 0. The van der Waals surface area contributed by atoms with Gasteiger partial charge in [0, 0.05) is 13.1 Å². The number of unbranched alkanes of at least 4 members (excludes halogenated alkanes) is 4. The summed E-state index contributed by atoms with van der Waals surface area (Å²) in [4.78, 5) is 2.64. The van der Waals surface area contributed by atoms with Crippen molar-refractivity contribution in [1.82, 2.24) is 10.2 Å². The maximum atomic E-state index is 3.62. The normalized spacial score (nSPS) is 22.4. The van der Waals surface area contributed by atoms with Crippen LogP contribution in [0.25, 0.3) is 0 Å². The highest BCUT2D eigenvalue weighted by Gasteiger charge is 2.21. The number of rotatable bonds is 8. The first-order valence-corrected chi connectivity index (χ1v) is 6.86. The first-order valence-electron chi connectivity index (χ1n) is 6.86. The third kappa shape index (κ3) is 4.98. The Morgan fingerprint density at radius 3 is 2.53 bits per heavy atom. The highest BCUT2D eigenvalue weighted by molar-refractivity contribution is 4.77. The van der Waals surface area contributed by atoms with E-state index in [1.165, 1.54) is 64.6 Å². The molecule has 1 unspecified atom stereocenters. The van der Waals surface area contributed by atoms with Crippen LogP contribution >= 0.6 is 0 Å². The Morgan fingerprint density at radius 2 is 1.80 bits per heavy atom. The van der Waals surface area contributed by atoms with Gasteiger partial charge in [-0.3, -0.25) is 4.90 Å². The summed E-state index contributed by atoms with van der Waals surface area (Å²) < 4.78 is 0. The molecule has 1 saturated heterocycles. The van der Waals surface area contributed by atoms with Crippen molar-refractivity contribution in [3.05, 3.63) is 0 Å². The summed E-state index contributed by atoms with van der Waals surface area (Å²) in [5.74, 6) is 0. The zero-order chi connectivity index (χ0) is 10.9. The number of nitrogens with zero attached hydrogens (tertiary/aromatic N) is 1. The standard InChI is InChI=1S/C13H28N2/c1-3-5-7-9-13-14-10-12-15(13)11-8-6-4-2/h13-14H,3-12H2,1-2H3. The molecule has 0 amide bonds. The van der Waals surface area contributed by atoms with Gasteiger partial charge >= 0.3 is 0 Å². The molecule has 0 radical (unpaired) electrons. The molecule has 0 aromatic carbocycles. The summed E-state index contributed by atoms with van der Waals surface area (Å²) in [6.45, 7) is 8.32. The largest absolute Gasteiger partial charge is 0.300 e. The summed E-state index contributed by atoms with van der Waals surface area (Å²) in [5.41, 5.74) is 0. The average molecular weight is 212 g/mol. The highest BCUT2D eigenvalue weighted by atomic mass is 15.3. The third-order valence-corrected chi connectivity index (χ3v) is 3.35.